The number of benzene rings is 1. The molecule has 1 aliphatic rings. The minimum Gasteiger partial charge on any atom is -0.489 e. The lowest BCUT2D eigenvalue weighted by Crippen LogP contribution is -2.02. The Kier molecular flexibility index (Phi) is 5.10. The number of hydrogen-bond donors (Lipinski definition) is 0. The Hall–Kier alpha value is -1.68. The van der Waals surface area contributed by atoms with Crippen LogP contribution in [0.15, 0.2) is 30.4 Å². The maximum Gasteiger partial charge on any atom is 0.231 e. The molecule has 0 saturated heterocycles. The number of fused-ring (bicyclic) bond motifs is 1. The highest BCUT2D eigenvalue weighted by molar-refractivity contribution is 5.46. The van der Waals surface area contributed by atoms with Crippen LogP contribution in [0.4, 0.5) is 0 Å². The Balaban J connectivity index is 1.67. The van der Waals surface area contributed by atoms with Crippen molar-refractivity contribution in [3.05, 3.63) is 30.4 Å². The zero-order valence-corrected chi connectivity index (χ0v) is 11.4. The van der Waals surface area contributed by atoms with Gasteiger partial charge in [0.05, 0.1) is 12.7 Å². The van der Waals surface area contributed by atoms with Gasteiger partial charge in [-0.15, -0.1) is 0 Å². The molecule has 0 radical (unpaired) electrons. The molecule has 2 rings (SSSR count). The van der Waals surface area contributed by atoms with Gasteiger partial charge in [-0.05, 0) is 32.4 Å². The van der Waals surface area contributed by atoms with E-state index in [1.54, 1.807) is 0 Å². The van der Waals surface area contributed by atoms with Gasteiger partial charge in [-0.2, -0.15) is 0 Å². The van der Waals surface area contributed by atoms with Crippen LogP contribution in [0, 0.1) is 0 Å². The SMILES string of the molecule is CC(C)OCCC=CCOc1ccc2c(c1)OCO2. The third-order valence-electron chi connectivity index (χ3n) is 2.59. The Morgan fingerprint density at radius 1 is 1.21 bits per heavy atom. The molecule has 4 nitrogen and oxygen atoms in total. The normalized spacial score (nSPS) is 13.4. The number of rotatable bonds is 7. The minimum atomic E-state index is 0.286. The Morgan fingerprint density at radius 2 is 2.05 bits per heavy atom. The molecule has 104 valence electrons. The summed E-state index contributed by atoms with van der Waals surface area (Å²) in [6, 6.07) is 5.58. The van der Waals surface area contributed by atoms with Crippen LogP contribution in [-0.4, -0.2) is 26.1 Å². The molecule has 0 spiro atoms. The van der Waals surface area contributed by atoms with Crippen LogP contribution in [-0.2, 0) is 4.74 Å². The zero-order valence-electron chi connectivity index (χ0n) is 11.4. The highest BCUT2D eigenvalue weighted by atomic mass is 16.7. The van der Waals surface area contributed by atoms with Crippen molar-refractivity contribution in [2.24, 2.45) is 0 Å². The highest BCUT2D eigenvalue weighted by Crippen LogP contribution is 2.34. The Bertz CT molecular complexity index is 426. The third-order valence-corrected chi connectivity index (χ3v) is 2.59. The molecule has 1 aliphatic heterocycles. The molecular formula is C15H20O4. The fraction of sp³-hybridized carbons (Fsp3) is 0.467. The molecule has 0 fully saturated rings. The third kappa shape index (κ3) is 4.48. The Morgan fingerprint density at radius 3 is 2.89 bits per heavy atom. The Labute approximate surface area is 113 Å². The lowest BCUT2D eigenvalue weighted by molar-refractivity contribution is 0.0825. The maximum absolute atomic E-state index is 5.60. The van der Waals surface area contributed by atoms with Crippen molar-refractivity contribution >= 4 is 0 Å². The van der Waals surface area contributed by atoms with E-state index >= 15 is 0 Å². The van der Waals surface area contributed by atoms with E-state index in [0.29, 0.717) is 12.7 Å². The van der Waals surface area contributed by atoms with Gasteiger partial charge in [-0.25, -0.2) is 0 Å². The van der Waals surface area contributed by atoms with Gasteiger partial charge in [-0.1, -0.05) is 12.2 Å². The zero-order chi connectivity index (χ0) is 13.5. The molecule has 0 saturated carbocycles. The molecule has 0 bridgehead atoms. The summed E-state index contributed by atoms with van der Waals surface area (Å²) in [6.07, 6.45) is 5.25. The second kappa shape index (κ2) is 7.04. The highest BCUT2D eigenvalue weighted by Gasteiger charge is 2.13. The molecule has 0 atom stereocenters. The number of ether oxygens (including phenoxy) is 4. The van der Waals surface area contributed by atoms with E-state index in [9.17, 15) is 0 Å². The van der Waals surface area contributed by atoms with Crippen LogP contribution >= 0.6 is 0 Å². The molecule has 19 heavy (non-hydrogen) atoms. The van der Waals surface area contributed by atoms with Crippen LogP contribution < -0.4 is 14.2 Å². The summed E-state index contributed by atoms with van der Waals surface area (Å²) in [7, 11) is 0. The smallest absolute Gasteiger partial charge is 0.231 e. The van der Waals surface area contributed by atoms with E-state index in [1.165, 1.54) is 0 Å². The van der Waals surface area contributed by atoms with Gasteiger partial charge < -0.3 is 18.9 Å². The largest absolute Gasteiger partial charge is 0.489 e. The van der Waals surface area contributed by atoms with Crippen LogP contribution in [0.2, 0.25) is 0 Å². The summed E-state index contributed by atoms with van der Waals surface area (Å²) in [5.41, 5.74) is 0. The van der Waals surface area contributed by atoms with E-state index in [0.717, 1.165) is 30.3 Å². The van der Waals surface area contributed by atoms with Gasteiger partial charge in [0, 0.05) is 6.07 Å². The monoisotopic (exact) mass is 264 g/mol. The molecule has 0 aliphatic carbocycles. The van der Waals surface area contributed by atoms with E-state index in [-0.39, 0.29) is 6.79 Å². The first kappa shape index (κ1) is 13.7. The van der Waals surface area contributed by atoms with Crippen LogP contribution in [0.5, 0.6) is 17.2 Å². The minimum absolute atomic E-state index is 0.286. The number of hydrogen-bond acceptors (Lipinski definition) is 4. The van der Waals surface area contributed by atoms with Gasteiger partial charge in [0.1, 0.15) is 12.4 Å². The summed E-state index contributed by atoms with van der Waals surface area (Å²) >= 11 is 0. The molecule has 0 unspecified atom stereocenters. The van der Waals surface area contributed by atoms with Crippen molar-refractivity contribution in [1.29, 1.82) is 0 Å². The van der Waals surface area contributed by atoms with Crippen molar-refractivity contribution in [3.8, 4) is 17.2 Å². The molecule has 4 heteroatoms. The predicted molar refractivity (Wildman–Crippen MR) is 72.9 cm³/mol. The first-order chi connectivity index (χ1) is 9.25. The van der Waals surface area contributed by atoms with Crippen molar-refractivity contribution in [3.63, 3.8) is 0 Å². The van der Waals surface area contributed by atoms with Crippen LogP contribution in [0.1, 0.15) is 20.3 Å². The van der Waals surface area contributed by atoms with Crippen LogP contribution in [0.25, 0.3) is 0 Å². The van der Waals surface area contributed by atoms with Gasteiger partial charge >= 0.3 is 0 Å². The van der Waals surface area contributed by atoms with Crippen molar-refractivity contribution in [2.75, 3.05) is 20.0 Å². The summed E-state index contributed by atoms with van der Waals surface area (Å²) < 4.78 is 21.6. The van der Waals surface area contributed by atoms with Crippen LogP contribution in [0.3, 0.4) is 0 Å². The second-order valence-electron chi connectivity index (χ2n) is 4.51. The molecule has 1 aromatic rings. The van der Waals surface area contributed by atoms with E-state index in [2.05, 4.69) is 6.08 Å². The van der Waals surface area contributed by atoms with Crippen molar-refractivity contribution in [1.82, 2.24) is 0 Å². The first-order valence-corrected chi connectivity index (χ1v) is 6.55. The van der Waals surface area contributed by atoms with E-state index < -0.39 is 0 Å². The molecular weight excluding hydrogens is 244 g/mol. The lowest BCUT2D eigenvalue weighted by Gasteiger charge is -2.05. The molecule has 0 amide bonds. The fourth-order valence-corrected chi connectivity index (χ4v) is 1.67. The van der Waals surface area contributed by atoms with Gasteiger partial charge in [0.25, 0.3) is 0 Å². The van der Waals surface area contributed by atoms with Gasteiger partial charge in [0.2, 0.25) is 6.79 Å². The average Bonchev–Trinajstić information content (AvgIpc) is 2.84. The summed E-state index contributed by atoms with van der Waals surface area (Å²) in [6.45, 7) is 5.65. The molecule has 1 aromatic carbocycles. The second-order valence-corrected chi connectivity index (χ2v) is 4.51. The quantitative estimate of drug-likeness (QED) is 0.560. The summed E-state index contributed by atoms with van der Waals surface area (Å²) in [4.78, 5) is 0. The summed E-state index contributed by atoms with van der Waals surface area (Å²) in [5.74, 6) is 2.30. The average molecular weight is 264 g/mol. The maximum atomic E-state index is 5.60. The predicted octanol–water partition coefficient (Wildman–Crippen LogP) is 3.17. The standard InChI is InChI=1S/C15H20O4/c1-12(2)16-8-4-3-5-9-17-13-6-7-14-15(10-13)19-11-18-14/h3,5-7,10,12H,4,8-9,11H2,1-2H3. The van der Waals surface area contributed by atoms with Crippen molar-refractivity contribution in [2.45, 2.75) is 26.4 Å². The van der Waals surface area contributed by atoms with Gasteiger partial charge in [0.15, 0.2) is 11.5 Å². The van der Waals surface area contributed by atoms with E-state index in [1.807, 2.05) is 38.1 Å². The molecule has 1 heterocycles. The molecule has 0 aromatic heterocycles. The molecule has 0 N–H and O–H groups in total. The first-order valence-electron chi connectivity index (χ1n) is 6.55. The van der Waals surface area contributed by atoms with E-state index in [4.69, 9.17) is 18.9 Å². The lowest BCUT2D eigenvalue weighted by atomic mass is 10.3. The van der Waals surface area contributed by atoms with Gasteiger partial charge in [-0.3, -0.25) is 0 Å². The fourth-order valence-electron chi connectivity index (χ4n) is 1.67. The summed E-state index contributed by atoms with van der Waals surface area (Å²) in [5, 5.41) is 0. The topological polar surface area (TPSA) is 36.9 Å². The van der Waals surface area contributed by atoms with Crippen molar-refractivity contribution < 1.29 is 18.9 Å².